The lowest BCUT2D eigenvalue weighted by Crippen LogP contribution is -2.34. The summed E-state index contributed by atoms with van der Waals surface area (Å²) in [7, 11) is 0. The van der Waals surface area contributed by atoms with Crippen molar-refractivity contribution >= 4 is 10.9 Å². The molecule has 0 spiro atoms. The average Bonchev–Trinajstić information content (AvgIpc) is 2.79. The second-order valence-corrected chi connectivity index (χ2v) is 5.20. The number of aromatic nitrogens is 2. The number of nitrogens with one attached hydrogen (secondary N) is 2. The number of hydrogen-bond donors (Lipinski definition) is 2. The van der Waals surface area contributed by atoms with Crippen molar-refractivity contribution in [1.82, 2.24) is 15.5 Å². The highest BCUT2D eigenvalue weighted by Gasteiger charge is 2.25. The summed E-state index contributed by atoms with van der Waals surface area (Å²) in [5, 5.41) is 12.0. The smallest absolute Gasteiger partial charge is 0.0653 e. The van der Waals surface area contributed by atoms with E-state index in [4.69, 9.17) is 0 Å². The number of piperidine rings is 1. The predicted molar refractivity (Wildman–Crippen MR) is 70.2 cm³/mol. The van der Waals surface area contributed by atoms with Crippen LogP contribution in [0.25, 0.3) is 10.9 Å². The van der Waals surface area contributed by atoms with Gasteiger partial charge in [0.15, 0.2) is 0 Å². The van der Waals surface area contributed by atoms with Crippen LogP contribution >= 0.6 is 0 Å². The maximum atomic E-state index is 4.18. The van der Waals surface area contributed by atoms with Gasteiger partial charge in [-0.3, -0.25) is 5.10 Å². The fourth-order valence-corrected chi connectivity index (χ4v) is 3.08. The van der Waals surface area contributed by atoms with Gasteiger partial charge in [0, 0.05) is 5.39 Å². The van der Waals surface area contributed by atoms with Crippen LogP contribution in [0.3, 0.4) is 0 Å². The highest BCUT2D eigenvalue weighted by atomic mass is 15.1. The molecule has 3 nitrogen and oxygen atoms in total. The van der Waals surface area contributed by atoms with E-state index in [1.807, 2.05) is 6.20 Å². The second-order valence-electron chi connectivity index (χ2n) is 5.20. The number of aryl methyl sites for hydroxylation is 1. The van der Waals surface area contributed by atoms with Crippen LogP contribution in [0.2, 0.25) is 0 Å². The van der Waals surface area contributed by atoms with Crippen LogP contribution in [-0.2, 0) is 0 Å². The van der Waals surface area contributed by atoms with Crippen molar-refractivity contribution in [3.63, 3.8) is 0 Å². The van der Waals surface area contributed by atoms with Crippen molar-refractivity contribution in [2.45, 2.75) is 26.2 Å². The van der Waals surface area contributed by atoms with Crippen LogP contribution in [0, 0.1) is 12.8 Å². The van der Waals surface area contributed by atoms with E-state index >= 15 is 0 Å². The molecule has 1 fully saturated rings. The summed E-state index contributed by atoms with van der Waals surface area (Å²) in [6, 6.07) is 4.34. The van der Waals surface area contributed by atoms with Gasteiger partial charge in [-0.2, -0.15) is 5.10 Å². The van der Waals surface area contributed by atoms with E-state index in [0.717, 1.165) is 18.6 Å². The molecule has 1 aliphatic rings. The molecule has 17 heavy (non-hydrogen) atoms. The summed E-state index contributed by atoms with van der Waals surface area (Å²) >= 11 is 0. The number of hydrogen-bond acceptors (Lipinski definition) is 2. The van der Waals surface area contributed by atoms with Crippen molar-refractivity contribution in [3.05, 3.63) is 29.5 Å². The van der Waals surface area contributed by atoms with Crippen LogP contribution < -0.4 is 5.32 Å². The molecule has 3 heteroatoms. The second kappa shape index (κ2) is 4.15. The van der Waals surface area contributed by atoms with Crippen LogP contribution in [-0.4, -0.2) is 23.3 Å². The Kier molecular flexibility index (Phi) is 2.63. The molecule has 2 unspecified atom stereocenters. The Morgan fingerprint density at radius 3 is 3.06 bits per heavy atom. The highest BCUT2D eigenvalue weighted by molar-refractivity contribution is 5.83. The first-order valence-corrected chi connectivity index (χ1v) is 6.40. The van der Waals surface area contributed by atoms with E-state index < -0.39 is 0 Å². The van der Waals surface area contributed by atoms with Gasteiger partial charge in [0.25, 0.3) is 0 Å². The monoisotopic (exact) mass is 229 g/mol. The van der Waals surface area contributed by atoms with Crippen LogP contribution in [0.1, 0.15) is 30.4 Å². The Labute approximate surface area is 102 Å². The molecule has 2 atom stereocenters. The van der Waals surface area contributed by atoms with Crippen molar-refractivity contribution in [1.29, 1.82) is 0 Å². The normalized spacial score (nSPS) is 25.3. The zero-order valence-corrected chi connectivity index (χ0v) is 10.5. The predicted octanol–water partition coefficient (Wildman–Crippen LogP) is 2.58. The van der Waals surface area contributed by atoms with Crippen molar-refractivity contribution in [2.75, 3.05) is 13.1 Å². The van der Waals surface area contributed by atoms with Crippen LogP contribution in [0.5, 0.6) is 0 Å². The Hall–Kier alpha value is -1.35. The first kappa shape index (κ1) is 10.8. The third-order valence-corrected chi connectivity index (χ3v) is 4.04. The molecule has 1 saturated heterocycles. The molecule has 1 aromatic heterocycles. The summed E-state index contributed by atoms with van der Waals surface area (Å²) in [6.45, 7) is 6.81. The van der Waals surface area contributed by atoms with Gasteiger partial charge in [-0.05, 0) is 55.5 Å². The lowest BCUT2D eigenvalue weighted by molar-refractivity contribution is 0.350. The van der Waals surface area contributed by atoms with E-state index in [9.17, 15) is 0 Å². The lowest BCUT2D eigenvalue weighted by Gasteiger charge is -2.31. The van der Waals surface area contributed by atoms with Gasteiger partial charge in [0.1, 0.15) is 0 Å². The Bertz CT molecular complexity index is 529. The summed E-state index contributed by atoms with van der Waals surface area (Å²) < 4.78 is 0. The molecule has 3 rings (SSSR count). The fourth-order valence-electron chi connectivity index (χ4n) is 3.08. The van der Waals surface area contributed by atoms with Gasteiger partial charge in [-0.15, -0.1) is 0 Å². The van der Waals surface area contributed by atoms with Crippen LogP contribution in [0.4, 0.5) is 0 Å². The maximum absolute atomic E-state index is 4.18. The molecule has 1 aromatic carbocycles. The first-order chi connectivity index (χ1) is 8.27. The molecular formula is C14H19N3. The van der Waals surface area contributed by atoms with Gasteiger partial charge < -0.3 is 5.32 Å². The quantitative estimate of drug-likeness (QED) is 0.789. The number of H-pyrrole nitrogens is 1. The van der Waals surface area contributed by atoms with E-state index in [1.54, 1.807) is 0 Å². The molecule has 1 aliphatic heterocycles. The van der Waals surface area contributed by atoms with Crippen molar-refractivity contribution < 1.29 is 0 Å². The van der Waals surface area contributed by atoms with Gasteiger partial charge in [-0.25, -0.2) is 0 Å². The van der Waals surface area contributed by atoms with Gasteiger partial charge in [0.2, 0.25) is 0 Å². The van der Waals surface area contributed by atoms with E-state index in [0.29, 0.717) is 11.8 Å². The molecule has 2 heterocycles. The van der Waals surface area contributed by atoms with E-state index in [1.165, 1.54) is 22.9 Å². The summed E-state index contributed by atoms with van der Waals surface area (Å²) in [5.74, 6) is 1.36. The zero-order valence-electron chi connectivity index (χ0n) is 10.5. The highest BCUT2D eigenvalue weighted by Crippen LogP contribution is 2.36. The Morgan fingerprint density at radius 1 is 1.35 bits per heavy atom. The molecule has 0 bridgehead atoms. The summed E-state index contributed by atoms with van der Waals surface area (Å²) in [5.41, 5.74) is 4.07. The third-order valence-electron chi connectivity index (χ3n) is 4.04. The molecule has 0 amide bonds. The zero-order chi connectivity index (χ0) is 11.8. The molecule has 0 radical (unpaired) electrons. The van der Waals surface area contributed by atoms with Crippen molar-refractivity contribution in [3.8, 4) is 0 Å². The van der Waals surface area contributed by atoms with Crippen molar-refractivity contribution in [2.24, 2.45) is 5.92 Å². The molecule has 2 aromatic rings. The first-order valence-electron chi connectivity index (χ1n) is 6.40. The number of rotatable bonds is 1. The number of nitrogens with zero attached hydrogens (tertiary/aromatic N) is 1. The molecular weight excluding hydrogens is 210 g/mol. The summed E-state index contributed by atoms with van der Waals surface area (Å²) in [4.78, 5) is 0. The minimum absolute atomic E-state index is 0.664. The topological polar surface area (TPSA) is 40.7 Å². The third kappa shape index (κ3) is 1.75. The molecule has 0 aliphatic carbocycles. The van der Waals surface area contributed by atoms with E-state index in [2.05, 4.69) is 41.5 Å². The lowest BCUT2D eigenvalue weighted by atomic mass is 9.79. The van der Waals surface area contributed by atoms with Crippen LogP contribution in [0.15, 0.2) is 18.3 Å². The van der Waals surface area contributed by atoms with E-state index in [-0.39, 0.29) is 0 Å². The largest absolute Gasteiger partial charge is 0.316 e. The molecule has 2 N–H and O–H groups in total. The number of benzene rings is 1. The minimum atomic E-state index is 0.664. The minimum Gasteiger partial charge on any atom is -0.316 e. The standard InChI is InChI=1S/C14H19N3/c1-9-3-4-13-12(8-16-17-13)14(9)11-5-6-15-7-10(11)2/h3-4,8,10-11,15H,5-7H2,1-2H3,(H,16,17). The SMILES string of the molecule is Cc1ccc2[nH]ncc2c1C1CCNCC1C. The maximum Gasteiger partial charge on any atom is 0.0653 e. The average molecular weight is 229 g/mol. The molecule has 90 valence electrons. The summed E-state index contributed by atoms with van der Waals surface area (Å²) in [6.07, 6.45) is 3.21. The van der Waals surface area contributed by atoms with Gasteiger partial charge >= 0.3 is 0 Å². The fraction of sp³-hybridized carbons (Fsp3) is 0.500. The van der Waals surface area contributed by atoms with Gasteiger partial charge in [0.05, 0.1) is 11.7 Å². The Morgan fingerprint density at radius 2 is 2.24 bits per heavy atom. The Balaban J connectivity index is 2.14. The number of aromatic amines is 1. The molecule has 0 saturated carbocycles. The van der Waals surface area contributed by atoms with Gasteiger partial charge in [-0.1, -0.05) is 13.0 Å². The number of fused-ring (bicyclic) bond motifs is 1.